The summed E-state index contributed by atoms with van der Waals surface area (Å²) in [5.74, 6) is 0.235. The van der Waals surface area contributed by atoms with Crippen LogP contribution in [0.25, 0.3) is 0 Å². The molecule has 0 aromatic carbocycles. The molecule has 132 valence electrons. The quantitative estimate of drug-likeness (QED) is 0.881. The van der Waals surface area contributed by atoms with E-state index in [0.717, 1.165) is 43.6 Å². The van der Waals surface area contributed by atoms with E-state index in [1.54, 1.807) is 13.1 Å². The van der Waals surface area contributed by atoms with Gasteiger partial charge in [0.15, 0.2) is 0 Å². The molecular formula is C18H27N3O3. The maximum absolute atomic E-state index is 12.6. The number of likely N-dealkylation sites (tertiary alicyclic amines) is 2. The number of aliphatic hydroxyl groups is 1. The molecule has 0 bridgehead atoms. The van der Waals surface area contributed by atoms with Crippen molar-refractivity contribution in [1.29, 1.82) is 0 Å². The Hall–Kier alpha value is -1.82. The molecule has 2 N–H and O–H groups in total. The summed E-state index contributed by atoms with van der Waals surface area (Å²) >= 11 is 0. The predicted octanol–water partition coefficient (Wildman–Crippen LogP) is 1.55. The molecule has 1 unspecified atom stereocenters. The highest BCUT2D eigenvalue weighted by Crippen LogP contribution is 2.40. The van der Waals surface area contributed by atoms with Crippen molar-refractivity contribution in [2.45, 2.75) is 45.6 Å². The lowest BCUT2D eigenvalue weighted by Crippen LogP contribution is -2.53. The maximum atomic E-state index is 12.6. The molecule has 1 aromatic rings. The average molecular weight is 333 g/mol. The highest BCUT2D eigenvalue weighted by atomic mass is 16.3. The second-order valence-corrected chi connectivity index (χ2v) is 7.43. The summed E-state index contributed by atoms with van der Waals surface area (Å²) in [6.45, 7) is 6.22. The third kappa shape index (κ3) is 3.34. The highest BCUT2D eigenvalue weighted by Gasteiger charge is 2.42. The van der Waals surface area contributed by atoms with E-state index in [1.165, 1.54) is 0 Å². The number of piperidine rings is 2. The van der Waals surface area contributed by atoms with Gasteiger partial charge in [0.2, 0.25) is 5.91 Å². The van der Waals surface area contributed by atoms with E-state index < -0.39 is 6.10 Å². The number of β-amino-alcohol motifs (C(OH)–C–C–N with tert-alkyl or cyclic N) is 1. The second-order valence-electron chi connectivity index (χ2n) is 7.43. The molecule has 2 amide bonds. The Bertz CT molecular complexity index is 615. The van der Waals surface area contributed by atoms with Gasteiger partial charge in [-0.3, -0.25) is 9.59 Å². The largest absolute Gasteiger partial charge is 0.392 e. The summed E-state index contributed by atoms with van der Waals surface area (Å²) < 4.78 is 0. The molecule has 1 atom stereocenters. The van der Waals surface area contributed by atoms with Crippen LogP contribution in [-0.4, -0.2) is 64.0 Å². The number of nitrogens with one attached hydrogen (secondary N) is 1. The molecule has 2 aliphatic heterocycles. The molecule has 2 saturated heterocycles. The van der Waals surface area contributed by atoms with Crippen LogP contribution < -0.4 is 0 Å². The van der Waals surface area contributed by atoms with Gasteiger partial charge in [0.05, 0.1) is 11.7 Å². The number of hydrogen-bond donors (Lipinski definition) is 2. The zero-order valence-corrected chi connectivity index (χ0v) is 14.5. The number of carbonyl (C=O) groups excluding carboxylic acids is 2. The van der Waals surface area contributed by atoms with Gasteiger partial charge in [0.25, 0.3) is 5.91 Å². The molecular weight excluding hydrogens is 306 g/mol. The van der Waals surface area contributed by atoms with Crippen molar-refractivity contribution >= 4 is 11.8 Å². The normalized spacial score (nSPS) is 22.0. The number of hydrogen-bond acceptors (Lipinski definition) is 3. The average Bonchev–Trinajstić information content (AvgIpc) is 2.97. The Balaban J connectivity index is 1.63. The fourth-order valence-corrected chi connectivity index (χ4v) is 4.03. The summed E-state index contributed by atoms with van der Waals surface area (Å²) in [4.78, 5) is 31.5. The first-order valence-electron chi connectivity index (χ1n) is 8.79. The van der Waals surface area contributed by atoms with Crippen molar-refractivity contribution in [2.24, 2.45) is 5.41 Å². The van der Waals surface area contributed by atoms with Gasteiger partial charge in [-0.05, 0) is 44.6 Å². The van der Waals surface area contributed by atoms with Crippen LogP contribution in [0, 0.1) is 12.3 Å². The summed E-state index contributed by atoms with van der Waals surface area (Å²) in [5, 5.41) is 9.61. The molecule has 2 aliphatic rings. The van der Waals surface area contributed by atoms with Crippen LogP contribution in [0.3, 0.4) is 0 Å². The Morgan fingerprint density at radius 1 is 1.38 bits per heavy atom. The lowest BCUT2D eigenvalue weighted by molar-refractivity contribution is -0.140. The molecule has 0 saturated carbocycles. The summed E-state index contributed by atoms with van der Waals surface area (Å²) in [6, 6.07) is 1.84. The number of aryl methyl sites for hydroxylation is 1. The van der Waals surface area contributed by atoms with Gasteiger partial charge in [-0.15, -0.1) is 0 Å². The monoisotopic (exact) mass is 333 g/mol. The fourth-order valence-electron chi connectivity index (χ4n) is 4.03. The third-order valence-corrected chi connectivity index (χ3v) is 5.53. The number of aromatic nitrogens is 1. The van der Waals surface area contributed by atoms with E-state index in [9.17, 15) is 14.7 Å². The zero-order valence-electron chi connectivity index (χ0n) is 14.5. The molecule has 3 heterocycles. The van der Waals surface area contributed by atoms with E-state index in [4.69, 9.17) is 0 Å². The lowest BCUT2D eigenvalue weighted by Gasteiger charge is -2.47. The van der Waals surface area contributed by atoms with E-state index in [0.29, 0.717) is 19.5 Å². The number of nitrogens with zero attached hydrogens (tertiary/aromatic N) is 2. The predicted molar refractivity (Wildman–Crippen MR) is 90.6 cm³/mol. The van der Waals surface area contributed by atoms with E-state index in [-0.39, 0.29) is 17.2 Å². The molecule has 1 aromatic heterocycles. The first-order chi connectivity index (χ1) is 11.4. The Morgan fingerprint density at radius 3 is 2.67 bits per heavy atom. The summed E-state index contributed by atoms with van der Waals surface area (Å²) in [7, 11) is 0. The van der Waals surface area contributed by atoms with E-state index >= 15 is 0 Å². The molecule has 2 fully saturated rings. The topological polar surface area (TPSA) is 76.6 Å². The first-order valence-corrected chi connectivity index (χ1v) is 8.79. The van der Waals surface area contributed by atoms with Crippen molar-refractivity contribution in [1.82, 2.24) is 14.8 Å². The summed E-state index contributed by atoms with van der Waals surface area (Å²) in [6.07, 6.45) is 4.60. The van der Waals surface area contributed by atoms with Crippen LogP contribution in [0.15, 0.2) is 12.3 Å². The number of carbonyl (C=O) groups is 2. The maximum Gasteiger partial charge on any atom is 0.255 e. The molecule has 3 rings (SSSR count). The standard InChI is InChI=1S/C18H27N3O3/c1-13(22)11-21-12-18(5-3-16(21)23)6-9-20(10-7-18)17(24)15-4-8-19-14(15)2/h4,8,13,19,22H,3,5-7,9-12H2,1-2H3. The lowest BCUT2D eigenvalue weighted by atomic mass is 9.72. The molecule has 24 heavy (non-hydrogen) atoms. The fraction of sp³-hybridized carbons (Fsp3) is 0.667. The van der Waals surface area contributed by atoms with Gasteiger partial charge in [0.1, 0.15) is 0 Å². The summed E-state index contributed by atoms with van der Waals surface area (Å²) in [5.41, 5.74) is 1.76. The zero-order chi connectivity index (χ0) is 17.3. The van der Waals surface area contributed by atoms with Crippen LogP contribution in [0.5, 0.6) is 0 Å². The number of H-pyrrole nitrogens is 1. The van der Waals surface area contributed by atoms with Gasteiger partial charge < -0.3 is 19.9 Å². The van der Waals surface area contributed by atoms with Crippen molar-refractivity contribution in [3.05, 3.63) is 23.5 Å². The molecule has 6 nitrogen and oxygen atoms in total. The minimum Gasteiger partial charge on any atom is -0.392 e. The number of amides is 2. The van der Waals surface area contributed by atoms with E-state index in [2.05, 4.69) is 4.98 Å². The molecule has 6 heteroatoms. The van der Waals surface area contributed by atoms with Crippen LogP contribution in [-0.2, 0) is 4.79 Å². The van der Waals surface area contributed by atoms with Gasteiger partial charge >= 0.3 is 0 Å². The minimum atomic E-state index is -0.498. The van der Waals surface area contributed by atoms with Crippen LogP contribution in [0.1, 0.15) is 48.7 Å². The second kappa shape index (κ2) is 6.59. The Kier molecular flexibility index (Phi) is 4.67. The Morgan fingerprint density at radius 2 is 2.08 bits per heavy atom. The number of rotatable bonds is 3. The number of aliphatic hydroxyl groups excluding tert-OH is 1. The molecule has 0 radical (unpaired) electrons. The van der Waals surface area contributed by atoms with Crippen LogP contribution in [0.4, 0.5) is 0 Å². The van der Waals surface area contributed by atoms with Gasteiger partial charge in [-0.25, -0.2) is 0 Å². The highest BCUT2D eigenvalue weighted by molar-refractivity contribution is 5.95. The number of aromatic amines is 1. The van der Waals surface area contributed by atoms with Gasteiger partial charge in [-0.2, -0.15) is 0 Å². The minimum absolute atomic E-state index is 0.0938. The first kappa shape index (κ1) is 17.0. The third-order valence-electron chi connectivity index (χ3n) is 5.53. The van der Waals surface area contributed by atoms with Gasteiger partial charge in [-0.1, -0.05) is 0 Å². The van der Waals surface area contributed by atoms with Crippen LogP contribution in [0.2, 0.25) is 0 Å². The van der Waals surface area contributed by atoms with Crippen molar-refractivity contribution < 1.29 is 14.7 Å². The van der Waals surface area contributed by atoms with Crippen LogP contribution >= 0.6 is 0 Å². The molecule has 0 aliphatic carbocycles. The van der Waals surface area contributed by atoms with Crippen molar-refractivity contribution in [3.8, 4) is 0 Å². The Labute approximate surface area is 142 Å². The van der Waals surface area contributed by atoms with Crippen molar-refractivity contribution in [2.75, 3.05) is 26.2 Å². The van der Waals surface area contributed by atoms with E-state index in [1.807, 2.05) is 22.8 Å². The van der Waals surface area contributed by atoms with Crippen molar-refractivity contribution in [3.63, 3.8) is 0 Å². The SMILES string of the molecule is Cc1[nH]ccc1C(=O)N1CCC2(CCC(=O)N(CC(C)O)C2)CC1. The molecule has 1 spiro atoms. The van der Waals surface area contributed by atoms with Gasteiger partial charge in [0, 0.05) is 44.5 Å². The smallest absolute Gasteiger partial charge is 0.255 e.